The summed E-state index contributed by atoms with van der Waals surface area (Å²) in [5.41, 5.74) is 5.34. The van der Waals surface area contributed by atoms with E-state index in [4.69, 9.17) is 28.9 Å². The van der Waals surface area contributed by atoms with E-state index in [0.29, 0.717) is 29.6 Å². The summed E-state index contributed by atoms with van der Waals surface area (Å²) in [6.07, 6.45) is 0.601. The van der Waals surface area contributed by atoms with Crippen LogP contribution in [0.1, 0.15) is 6.42 Å². The molecule has 0 heterocycles. The SMILES string of the molecule is CN(CCCN)S(=O)(=O)c1cc(Cl)cc(Cl)c1. The molecule has 0 fully saturated rings. The second-order valence-electron chi connectivity index (χ2n) is 3.57. The Bertz CT molecular complexity index is 471. The van der Waals surface area contributed by atoms with E-state index >= 15 is 0 Å². The molecule has 96 valence electrons. The van der Waals surface area contributed by atoms with Crippen LogP contribution < -0.4 is 5.73 Å². The Labute approximate surface area is 111 Å². The Balaban J connectivity index is 3.04. The maximum Gasteiger partial charge on any atom is 0.242 e. The molecule has 1 aromatic carbocycles. The molecule has 0 aliphatic heterocycles. The molecule has 0 aromatic heterocycles. The van der Waals surface area contributed by atoms with Gasteiger partial charge >= 0.3 is 0 Å². The quantitative estimate of drug-likeness (QED) is 0.903. The van der Waals surface area contributed by atoms with Crippen molar-refractivity contribution in [3.63, 3.8) is 0 Å². The summed E-state index contributed by atoms with van der Waals surface area (Å²) in [6, 6.07) is 4.24. The van der Waals surface area contributed by atoms with Gasteiger partial charge in [-0.05, 0) is 31.2 Å². The van der Waals surface area contributed by atoms with E-state index in [9.17, 15) is 8.42 Å². The minimum absolute atomic E-state index is 0.0921. The summed E-state index contributed by atoms with van der Waals surface area (Å²) in [5, 5.41) is 0.589. The molecule has 0 radical (unpaired) electrons. The zero-order chi connectivity index (χ0) is 13.1. The highest BCUT2D eigenvalue weighted by atomic mass is 35.5. The monoisotopic (exact) mass is 296 g/mol. The van der Waals surface area contributed by atoms with Crippen molar-refractivity contribution in [3.05, 3.63) is 28.2 Å². The Hall–Kier alpha value is -0.330. The molecular weight excluding hydrogens is 283 g/mol. The average Bonchev–Trinajstić information content (AvgIpc) is 2.24. The molecule has 0 spiro atoms. The van der Waals surface area contributed by atoms with E-state index in [2.05, 4.69) is 0 Å². The van der Waals surface area contributed by atoms with Gasteiger partial charge in [0.05, 0.1) is 4.90 Å². The number of halogens is 2. The fraction of sp³-hybridized carbons (Fsp3) is 0.400. The number of nitrogens with zero attached hydrogens (tertiary/aromatic N) is 1. The van der Waals surface area contributed by atoms with Crippen LogP contribution in [0.4, 0.5) is 0 Å². The van der Waals surface area contributed by atoms with Crippen LogP contribution in [0.5, 0.6) is 0 Å². The molecule has 1 aromatic rings. The van der Waals surface area contributed by atoms with E-state index in [-0.39, 0.29) is 4.90 Å². The van der Waals surface area contributed by atoms with Gasteiger partial charge in [-0.1, -0.05) is 23.2 Å². The normalized spacial score (nSPS) is 12.1. The van der Waals surface area contributed by atoms with Crippen molar-refractivity contribution in [1.29, 1.82) is 0 Å². The summed E-state index contributed by atoms with van der Waals surface area (Å²) in [7, 11) is -2.05. The van der Waals surface area contributed by atoms with Gasteiger partial charge in [-0.3, -0.25) is 0 Å². The highest BCUT2D eigenvalue weighted by molar-refractivity contribution is 7.89. The van der Waals surface area contributed by atoms with Crippen LogP contribution >= 0.6 is 23.2 Å². The average molecular weight is 297 g/mol. The molecule has 4 nitrogen and oxygen atoms in total. The minimum atomic E-state index is -3.55. The van der Waals surface area contributed by atoms with Gasteiger partial charge < -0.3 is 5.73 Å². The molecule has 7 heteroatoms. The van der Waals surface area contributed by atoms with Gasteiger partial charge in [-0.25, -0.2) is 12.7 Å². The van der Waals surface area contributed by atoms with Crippen LogP contribution in [0.3, 0.4) is 0 Å². The Morgan fingerprint density at radius 2 is 1.76 bits per heavy atom. The fourth-order valence-corrected chi connectivity index (χ4v) is 3.23. The molecule has 0 unspecified atom stereocenters. The third kappa shape index (κ3) is 3.82. The lowest BCUT2D eigenvalue weighted by molar-refractivity contribution is 0.463. The molecule has 0 amide bonds. The van der Waals surface area contributed by atoms with Crippen LogP contribution in [-0.2, 0) is 10.0 Å². The summed E-state index contributed by atoms with van der Waals surface area (Å²) in [6.45, 7) is 0.805. The smallest absolute Gasteiger partial charge is 0.242 e. The molecule has 1 rings (SSSR count). The summed E-state index contributed by atoms with van der Waals surface area (Å²) < 4.78 is 25.5. The predicted molar refractivity (Wildman–Crippen MR) is 69.9 cm³/mol. The number of rotatable bonds is 5. The molecule has 0 aliphatic rings. The van der Waals surface area contributed by atoms with Crippen molar-refractivity contribution < 1.29 is 8.42 Å². The predicted octanol–water partition coefficient (Wildman–Crippen LogP) is 1.96. The molecule has 2 N–H and O–H groups in total. The molecule has 0 aliphatic carbocycles. The first-order valence-electron chi connectivity index (χ1n) is 5.00. The third-order valence-electron chi connectivity index (χ3n) is 2.22. The van der Waals surface area contributed by atoms with E-state index in [1.165, 1.54) is 29.6 Å². The summed E-state index contributed by atoms with van der Waals surface area (Å²) >= 11 is 11.6. The van der Waals surface area contributed by atoms with Gasteiger partial charge in [0.15, 0.2) is 0 Å². The lowest BCUT2D eigenvalue weighted by Gasteiger charge is -2.17. The standard InChI is InChI=1S/C10H14Cl2N2O2S/c1-14(4-2-3-13)17(15,16)10-6-8(11)5-9(12)7-10/h5-7H,2-4,13H2,1H3. The maximum atomic E-state index is 12.1. The van der Waals surface area contributed by atoms with Gasteiger partial charge in [-0.15, -0.1) is 0 Å². The zero-order valence-corrected chi connectivity index (χ0v) is 11.7. The number of nitrogens with two attached hydrogens (primary N) is 1. The number of sulfonamides is 1. The van der Waals surface area contributed by atoms with Crippen LogP contribution in [0.25, 0.3) is 0 Å². The van der Waals surface area contributed by atoms with Crippen molar-refractivity contribution >= 4 is 33.2 Å². The van der Waals surface area contributed by atoms with Crippen LogP contribution in [0.15, 0.2) is 23.1 Å². The van der Waals surface area contributed by atoms with Crippen molar-refractivity contribution in [2.75, 3.05) is 20.1 Å². The molecule has 0 saturated heterocycles. The van der Waals surface area contributed by atoms with E-state index in [0.717, 1.165) is 0 Å². The lowest BCUT2D eigenvalue weighted by Crippen LogP contribution is -2.29. The Morgan fingerprint density at radius 3 is 2.24 bits per heavy atom. The molecule has 0 saturated carbocycles. The van der Waals surface area contributed by atoms with E-state index < -0.39 is 10.0 Å². The first-order chi connectivity index (χ1) is 7.87. The molecular formula is C10H14Cl2N2O2S. The first-order valence-corrected chi connectivity index (χ1v) is 7.20. The van der Waals surface area contributed by atoms with Crippen molar-refractivity contribution in [1.82, 2.24) is 4.31 Å². The van der Waals surface area contributed by atoms with Gasteiger partial charge in [0.25, 0.3) is 0 Å². The Morgan fingerprint density at radius 1 is 1.24 bits per heavy atom. The third-order valence-corrected chi connectivity index (χ3v) is 4.49. The second kappa shape index (κ2) is 6.02. The van der Waals surface area contributed by atoms with Gasteiger partial charge in [0, 0.05) is 23.6 Å². The molecule has 17 heavy (non-hydrogen) atoms. The van der Waals surface area contributed by atoms with Crippen LogP contribution in [-0.4, -0.2) is 32.9 Å². The van der Waals surface area contributed by atoms with E-state index in [1.807, 2.05) is 0 Å². The number of benzene rings is 1. The van der Waals surface area contributed by atoms with Crippen LogP contribution in [0.2, 0.25) is 10.0 Å². The zero-order valence-electron chi connectivity index (χ0n) is 9.36. The van der Waals surface area contributed by atoms with E-state index in [1.54, 1.807) is 0 Å². The van der Waals surface area contributed by atoms with Gasteiger partial charge in [0.2, 0.25) is 10.0 Å². The number of hydrogen-bond donors (Lipinski definition) is 1. The second-order valence-corrected chi connectivity index (χ2v) is 6.49. The molecule has 0 bridgehead atoms. The fourth-order valence-electron chi connectivity index (χ4n) is 1.29. The maximum absolute atomic E-state index is 12.1. The topological polar surface area (TPSA) is 63.4 Å². The highest BCUT2D eigenvalue weighted by Crippen LogP contribution is 2.24. The minimum Gasteiger partial charge on any atom is -0.330 e. The molecule has 0 atom stereocenters. The van der Waals surface area contributed by atoms with Crippen LogP contribution in [0, 0.1) is 0 Å². The van der Waals surface area contributed by atoms with Gasteiger partial charge in [-0.2, -0.15) is 0 Å². The summed E-state index contributed by atoms with van der Waals surface area (Å²) in [4.78, 5) is 0.0921. The summed E-state index contributed by atoms with van der Waals surface area (Å²) in [5.74, 6) is 0. The van der Waals surface area contributed by atoms with Gasteiger partial charge in [0.1, 0.15) is 0 Å². The lowest BCUT2D eigenvalue weighted by atomic mass is 10.4. The van der Waals surface area contributed by atoms with Crippen molar-refractivity contribution in [2.24, 2.45) is 5.73 Å². The van der Waals surface area contributed by atoms with Crippen molar-refractivity contribution in [3.8, 4) is 0 Å². The largest absolute Gasteiger partial charge is 0.330 e. The number of hydrogen-bond acceptors (Lipinski definition) is 3. The first kappa shape index (κ1) is 14.7. The van der Waals surface area contributed by atoms with Crippen molar-refractivity contribution in [2.45, 2.75) is 11.3 Å². The highest BCUT2D eigenvalue weighted by Gasteiger charge is 2.21. The Kier molecular flexibility index (Phi) is 5.22.